The minimum Gasteiger partial charge on any atom is -0.374 e. The zero-order chi connectivity index (χ0) is 11.2. The third-order valence-corrected chi connectivity index (χ3v) is 4.89. The van der Waals surface area contributed by atoms with E-state index in [-0.39, 0.29) is 0 Å². The van der Waals surface area contributed by atoms with E-state index in [1.165, 1.54) is 18.4 Å². The second-order valence-corrected chi connectivity index (χ2v) is 5.76. The predicted octanol–water partition coefficient (Wildman–Crippen LogP) is 3.64. The van der Waals surface area contributed by atoms with Crippen LogP contribution in [0, 0.1) is 17.3 Å². The fraction of sp³-hybridized carbons (Fsp3) is 0.600. The molecule has 0 spiro atoms. The highest BCUT2D eigenvalue weighted by Gasteiger charge is 2.63. The summed E-state index contributed by atoms with van der Waals surface area (Å²) in [4.78, 5) is 0. The van der Waals surface area contributed by atoms with Crippen molar-refractivity contribution >= 4 is 0 Å². The first kappa shape index (κ1) is 10.3. The standard InChI is InChI=1S/C15H20O/c1-11-14-8-13(9-15(11,14)2)16-10-12-6-4-3-5-7-12/h3-7,11,13-14H,8-10H2,1-2H3. The lowest BCUT2D eigenvalue weighted by atomic mass is 10.0. The summed E-state index contributed by atoms with van der Waals surface area (Å²) in [6.07, 6.45) is 3.06. The highest BCUT2D eigenvalue weighted by Crippen LogP contribution is 2.68. The van der Waals surface area contributed by atoms with Crippen molar-refractivity contribution in [3.05, 3.63) is 35.9 Å². The van der Waals surface area contributed by atoms with Crippen LogP contribution in [0.15, 0.2) is 30.3 Å². The van der Waals surface area contributed by atoms with Crippen LogP contribution in [-0.2, 0) is 11.3 Å². The van der Waals surface area contributed by atoms with E-state index in [2.05, 4.69) is 44.2 Å². The largest absolute Gasteiger partial charge is 0.374 e. The van der Waals surface area contributed by atoms with Crippen molar-refractivity contribution in [2.45, 2.75) is 39.4 Å². The Morgan fingerprint density at radius 1 is 1.31 bits per heavy atom. The van der Waals surface area contributed by atoms with Gasteiger partial charge in [-0.05, 0) is 35.7 Å². The lowest BCUT2D eigenvalue weighted by Gasteiger charge is -2.16. The number of rotatable bonds is 3. The molecule has 2 fully saturated rings. The Hall–Kier alpha value is -0.820. The van der Waals surface area contributed by atoms with Crippen molar-refractivity contribution in [3.63, 3.8) is 0 Å². The van der Waals surface area contributed by atoms with Crippen molar-refractivity contribution in [1.29, 1.82) is 0 Å². The Bertz CT molecular complexity index is 372. The number of hydrogen-bond acceptors (Lipinski definition) is 1. The average molecular weight is 216 g/mol. The molecule has 2 saturated carbocycles. The second kappa shape index (κ2) is 3.59. The maximum absolute atomic E-state index is 6.00. The summed E-state index contributed by atoms with van der Waals surface area (Å²) in [5.74, 6) is 1.87. The molecule has 1 nitrogen and oxygen atoms in total. The highest BCUT2D eigenvalue weighted by molar-refractivity contribution is 5.15. The van der Waals surface area contributed by atoms with E-state index in [4.69, 9.17) is 4.74 Å². The first-order chi connectivity index (χ1) is 7.70. The molecule has 0 aliphatic heterocycles. The molecule has 86 valence electrons. The molecule has 1 aromatic carbocycles. The zero-order valence-electron chi connectivity index (χ0n) is 10.1. The zero-order valence-corrected chi connectivity index (χ0v) is 10.1. The van der Waals surface area contributed by atoms with Crippen LogP contribution in [-0.4, -0.2) is 6.10 Å². The van der Waals surface area contributed by atoms with Crippen LogP contribution in [0.3, 0.4) is 0 Å². The molecule has 1 aromatic rings. The Kier molecular flexibility index (Phi) is 2.32. The van der Waals surface area contributed by atoms with Crippen LogP contribution < -0.4 is 0 Å². The monoisotopic (exact) mass is 216 g/mol. The molecule has 0 heterocycles. The van der Waals surface area contributed by atoms with Crippen molar-refractivity contribution in [1.82, 2.24) is 0 Å². The van der Waals surface area contributed by atoms with Gasteiger partial charge in [0.05, 0.1) is 12.7 Å². The summed E-state index contributed by atoms with van der Waals surface area (Å²) >= 11 is 0. The van der Waals surface area contributed by atoms with Gasteiger partial charge in [-0.15, -0.1) is 0 Å². The first-order valence-electron chi connectivity index (χ1n) is 6.35. The Morgan fingerprint density at radius 2 is 2.06 bits per heavy atom. The highest BCUT2D eigenvalue weighted by atomic mass is 16.5. The number of ether oxygens (including phenoxy) is 1. The van der Waals surface area contributed by atoms with Crippen LogP contribution in [0.2, 0.25) is 0 Å². The smallest absolute Gasteiger partial charge is 0.0720 e. The van der Waals surface area contributed by atoms with Crippen molar-refractivity contribution in [2.75, 3.05) is 0 Å². The fourth-order valence-electron chi connectivity index (χ4n) is 3.49. The molecule has 0 bridgehead atoms. The van der Waals surface area contributed by atoms with E-state index in [1.54, 1.807) is 0 Å². The quantitative estimate of drug-likeness (QED) is 0.749. The lowest BCUT2D eigenvalue weighted by Crippen LogP contribution is -2.13. The van der Waals surface area contributed by atoms with Gasteiger partial charge in [0.15, 0.2) is 0 Å². The van der Waals surface area contributed by atoms with Gasteiger partial charge in [0, 0.05) is 0 Å². The topological polar surface area (TPSA) is 9.23 Å². The summed E-state index contributed by atoms with van der Waals surface area (Å²) in [6, 6.07) is 10.5. The van der Waals surface area contributed by atoms with E-state index in [1.807, 2.05) is 0 Å². The van der Waals surface area contributed by atoms with Gasteiger partial charge in [0.1, 0.15) is 0 Å². The van der Waals surface area contributed by atoms with Crippen LogP contribution in [0.1, 0.15) is 32.3 Å². The van der Waals surface area contributed by atoms with Gasteiger partial charge in [-0.1, -0.05) is 44.2 Å². The van der Waals surface area contributed by atoms with E-state index in [0.29, 0.717) is 11.5 Å². The molecule has 16 heavy (non-hydrogen) atoms. The number of hydrogen-bond donors (Lipinski definition) is 0. The molecular formula is C15H20O. The summed E-state index contributed by atoms with van der Waals surface area (Å²) in [7, 11) is 0. The summed E-state index contributed by atoms with van der Waals surface area (Å²) in [5, 5.41) is 0. The SMILES string of the molecule is CC1C2CC(OCc3ccccc3)CC12C. The van der Waals surface area contributed by atoms with Crippen molar-refractivity contribution in [2.24, 2.45) is 17.3 Å². The molecule has 0 amide bonds. The molecule has 0 aromatic heterocycles. The van der Waals surface area contributed by atoms with E-state index < -0.39 is 0 Å². The van der Waals surface area contributed by atoms with Crippen molar-refractivity contribution in [3.8, 4) is 0 Å². The molecule has 1 heteroatoms. The molecule has 0 N–H and O–H groups in total. The third kappa shape index (κ3) is 1.58. The minimum absolute atomic E-state index is 0.506. The maximum atomic E-state index is 6.00. The third-order valence-electron chi connectivity index (χ3n) is 4.89. The van der Waals surface area contributed by atoms with Gasteiger partial charge in [0.2, 0.25) is 0 Å². The van der Waals surface area contributed by atoms with Gasteiger partial charge in [-0.3, -0.25) is 0 Å². The Balaban J connectivity index is 1.52. The van der Waals surface area contributed by atoms with Crippen molar-refractivity contribution < 1.29 is 4.74 Å². The van der Waals surface area contributed by atoms with Crippen LogP contribution in [0.5, 0.6) is 0 Å². The van der Waals surface area contributed by atoms with E-state index >= 15 is 0 Å². The first-order valence-corrected chi connectivity index (χ1v) is 6.35. The van der Waals surface area contributed by atoms with Gasteiger partial charge in [-0.2, -0.15) is 0 Å². The molecule has 0 saturated heterocycles. The van der Waals surface area contributed by atoms with Gasteiger partial charge in [0.25, 0.3) is 0 Å². The fourth-order valence-corrected chi connectivity index (χ4v) is 3.49. The van der Waals surface area contributed by atoms with Gasteiger partial charge >= 0.3 is 0 Å². The molecule has 4 unspecified atom stereocenters. The van der Waals surface area contributed by atoms with E-state index in [0.717, 1.165) is 18.4 Å². The van der Waals surface area contributed by atoms with Gasteiger partial charge < -0.3 is 4.74 Å². The second-order valence-electron chi connectivity index (χ2n) is 5.76. The van der Waals surface area contributed by atoms with Crippen LogP contribution >= 0.6 is 0 Å². The summed E-state index contributed by atoms with van der Waals surface area (Å²) in [5.41, 5.74) is 1.91. The maximum Gasteiger partial charge on any atom is 0.0720 e. The molecule has 2 aliphatic rings. The average Bonchev–Trinajstić information content (AvgIpc) is 2.67. The molecule has 0 radical (unpaired) electrons. The summed E-state index contributed by atoms with van der Waals surface area (Å²) in [6.45, 7) is 5.59. The molecular weight excluding hydrogens is 196 g/mol. The minimum atomic E-state index is 0.506. The predicted molar refractivity (Wildman–Crippen MR) is 65.0 cm³/mol. The number of benzene rings is 1. The normalized spacial score (nSPS) is 40.8. The van der Waals surface area contributed by atoms with E-state index in [9.17, 15) is 0 Å². The molecule has 3 rings (SSSR count). The lowest BCUT2D eigenvalue weighted by molar-refractivity contribution is 0.0303. The molecule has 2 aliphatic carbocycles. The summed E-state index contributed by atoms with van der Waals surface area (Å²) < 4.78 is 6.00. The van der Waals surface area contributed by atoms with Crippen LogP contribution in [0.25, 0.3) is 0 Å². The van der Waals surface area contributed by atoms with Crippen LogP contribution in [0.4, 0.5) is 0 Å². The molecule has 4 atom stereocenters. The Morgan fingerprint density at radius 3 is 2.69 bits per heavy atom. The van der Waals surface area contributed by atoms with Gasteiger partial charge in [-0.25, -0.2) is 0 Å². The number of fused-ring (bicyclic) bond motifs is 1. The Labute approximate surface area is 97.8 Å².